The first-order chi connectivity index (χ1) is 9.83. The summed E-state index contributed by atoms with van der Waals surface area (Å²) in [4.78, 5) is 33.1. The SMILES string of the molecule is COc1ccc(NC(=O)N[C@H](CC(=O)O)C(=O)O)c(C)c1. The summed E-state index contributed by atoms with van der Waals surface area (Å²) in [6.45, 7) is 1.74. The summed E-state index contributed by atoms with van der Waals surface area (Å²) in [5.74, 6) is -2.12. The van der Waals surface area contributed by atoms with Crippen molar-refractivity contribution in [3.05, 3.63) is 23.8 Å². The van der Waals surface area contributed by atoms with Crippen LogP contribution in [0.2, 0.25) is 0 Å². The molecule has 0 aromatic heterocycles. The van der Waals surface area contributed by atoms with E-state index < -0.39 is 30.4 Å². The van der Waals surface area contributed by atoms with Crippen molar-refractivity contribution in [1.82, 2.24) is 5.32 Å². The molecule has 0 spiro atoms. The van der Waals surface area contributed by atoms with E-state index in [1.807, 2.05) is 0 Å². The number of rotatable bonds is 6. The van der Waals surface area contributed by atoms with Crippen LogP contribution < -0.4 is 15.4 Å². The fraction of sp³-hybridized carbons (Fsp3) is 0.308. The average molecular weight is 296 g/mol. The molecule has 0 fully saturated rings. The Morgan fingerprint density at radius 2 is 1.95 bits per heavy atom. The number of carbonyl (C=O) groups excluding carboxylic acids is 1. The summed E-state index contributed by atoms with van der Waals surface area (Å²) in [7, 11) is 1.51. The van der Waals surface area contributed by atoms with E-state index in [4.69, 9.17) is 14.9 Å². The van der Waals surface area contributed by atoms with Gasteiger partial charge in [0.15, 0.2) is 0 Å². The smallest absolute Gasteiger partial charge is 0.326 e. The highest BCUT2D eigenvalue weighted by atomic mass is 16.5. The molecule has 1 aromatic rings. The van der Waals surface area contributed by atoms with Crippen molar-refractivity contribution in [3.8, 4) is 5.75 Å². The van der Waals surface area contributed by atoms with Crippen molar-refractivity contribution in [1.29, 1.82) is 0 Å². The normalized spacial score (nSPS) is 11.3. The zero-order valence-corrected chi connectivity index (χ0v) is 11.5. The molecule has 114 valence electrons. The van der Waals surface area contributed by atoms with Crippen molar-refractivity contribution in [2.45, 2.75) is 19.4 Å². The summed E-state index contributed by atoms with van der Waals surface area (Å²) in [5.41, 5.74) is 1.18. The minimum absolute atomic E-state index is 0.466. The predicted octanol–water partition coefficient (Wildman–Crippen LogP) is 1.05. The van der Waals surface area contributed by atoms with Gasteiger partial charge in [0.25, 0.3) is 0 Å². The molecular weight excluding hydrogens is 280 g/mol. The molecule has 0 bridgehead atoms. The second kappa shape index (κ2) is 7.13. The van der Waals surface area contributed by atoms with Gasteiger partial charge in [-0.3, -0.25) is 4.79 Å². The molecule has 1 atom stereocenters. The summed E-state index contributed by atoms with van der Waals surface area (Å²) in [6, 6.07) is 2.63. The lowest BCUT2D eigenvalue weighted by Gasteiger charge is -2.14. The van der Waals surface area contributed by atoms with Crippen LogP contribution in [-0.4, -0.2) is 41.3 Å². The van der Waals surface area contributed by atoms with Gasteiger partial charge in [0.05, 0.1) is 13.5 Å². The van der Waals surface area contributed by atoms with E-state index in [0.29, 0.717) is 11.4 Å². The second-order valence-electron chi connectivity index (χ2n) is 4.27. The molecule has 2 amide bonds. The van der Waals surface area contributed by atoms with Crippen molar-refractivity contribution in [2.75, 3.05) is 12.4 Å². The molecule has 0 aliphatic carbocycles. The van der Waals surface area contributed by atoms with Crippen LogP contribution in [0.5, 0.6) is 5.75 Å². The van der Waals surface area contributed by atoms with E-state index in [-0.39, 0.29) is 0 Å². The number of aliphatic carboxylic acids is 2. The van der Waals surface area contributed by atoms with Crippen LogP contribution in [0.3, 0.4) is 0 Å². The molecule has 1 rings (SSSR count). The summed E-state index contributed by atoms with van der Waals surface area (Å²) in [5, 5.41) is 22.0. The molecule has 0 heterocycles. The molecule has 4 N–H and O–H groups in total. The van der Waals surface area contributed by atoms with Crippen molar-refractivity contribution in [3.63, 3.8) is 0 Å². The fourth-order valence-corrected chi connectivity index (χ4v) is 1.59. The van der Waals surface area contributed by atoms with Gasteiger partial charge in [-0.1, -0.05) is 0 Å². The summed E-state index contributed by atoms with van der Waals surface area (Å²) >= 11 is 0. The first-order valence-corrected chi connectivity index (χ1v) is 6.00. The van der Waals surface area contributed by atoms with Crippen molar-refractivity contribution in [2.24, 2.45) is 0 Å². The van der Waals surface area contributed by atoms with E-state index in [1.165, 1.54) is 7.11 Å². The Morgan fingerprint density at radius 3 is 2.43 bits per heavy atom. The number of carboxylic acids is 2. The van der Waals surface area contributed by atoms with Gasteiger partial charge in [-0.2, -0.15) is 0 Å². The Kier molecular flexibility index (Phi) is 5.53. The van der Waals surface area contributed by atoms with Gasteiger partial charge in [0.1, 0.15) is 11.8 Å². The number of hydrogen-bond donors (Lipinski definition) is 4. The van der Waals surface area contributed by atoms with Crippen molar-refractivity contribution >= 4 is 23.7 Å². The first kappa shape index (κ1) is 16.3. The molecule has 0 aliphatic heterocycles. The maximum absolute atomic E-state index is 11.7. The van der Waals surface area contributed by atoms with Gasteiger partial charge in [-0.15, -0.1) is 0 Å². The molecule has 8 heteroatoms. The third-order valence-corrected chi connectivity index (χ3v) is 2.66. The van der Waals surface area contributed by atoms with Gasteiger partial charge in [0.2, 0.25) is 0 Å². The average Bonchev–Trinajstić information content (AvgIpc) is 2.39. The maximum Gasteiger partial charge on any atom is 0.326 e. The quantitative estimate of drug-likeness (QED) is 0.622. The van der Waals surface area contributed by atoms with E-state index in [9.17, 15) is 14.4 Å². The summed E-state index contributed by atoms with van der Waals surface area (Å²) < 4.78 is 5.02. The number of ether oxygens (including phenoxy) is 1. The molecule has 0 saturated carbocycles. The highest BCUT2D eigenvalue weighted by Gasteiger charge is 2.23. The van der Waals surface area contributed by atoms with Crippen LogP contribution in [0, 0.1) is 6.92 Å². The third-order valence-electron chi connectivity index (χ3n) is 2.66. The Balaban J connectivity index is 2.72. The molecule has 1 aromatic carbocycles. The minimum atomic E-state index is -1.50. The third kappa shape index (κ3) is 5.01. The molecule has 8 nitrogen and oxygen atoms in total. The highest BCUT2D eigenvalue weighted by molar-refractivity contribution is 5.94. The van der Waals surface area contributed by atoms with Gasteiger partial charge in [0, 0.05) is 5.69 Å². The Morgan fingerprint density at radius 1 is 1.29 bits per heavy atom. The van der Waals surface area contributed by atoms with Gasteiger partial charge in [-0.05, 0) is 30.7 Å². The lowest BCUT2D eigenvalue weighted by molar-refractivity contribution is -0.145. The number of anilines is 1. The number of hydrogen-bond acceptors (Lipinski definition) is 4. The zero-order valence-electron chi connectivity index (χ0n) is 11.5. The van der Waals surface area contributed by atoms with Crippen LogP contribution in [0.15, 0.2) is 18.2 Å². The Hall–Kier alpha value is -2.77. The summed E-state index contributed by atoms with van der Waals surface area (Å²) in [6.07, 6.45) is -0.704. The van der Waals surface area contributed by atoms with Gasteiger partial charge < -0.3 is 25.6 Å². The number of aryl methyl sites for hydroxylation is 1. The monoisotopic (exact) mass is 296 g/mol. The Bertz CT molecular complexity index is 558. The fourth-order valence-electron chi connectivity index (χ4n) is 1.59. The maximum atomic E-state index is 11.7. The zero-order chi connectivity index (χ0) is 16.0. The number of carboxylic acid groups (broad SMARTS) is 2. The number of carbonyl (C=O) groups is 3. The molecule has 0 saturated heterocycles. The minimum Gasteiger partial charge on any atom is -0.497 e. The molecular formula is C13H16N2O6. The highest BCUT2D eigenvalue weighted by Crippen LogP contribution is 2.20. The van der Waals surface area contributed by atoms with Crippen LogP contribution in [-0.2, 0) is 9.59 Å². The Labute approximate surface area is 120 Å². The topological polar surface area (TPSA) is 125 Å². The van der Waals surface area contributed by atoms with E-state index in [2.05, 4.69) is 10.6 Å². The van der Waals surface area contributed by atoms with Crippen LogP contribution in [0.4, 0.5) is 10.5 Å². The number of benzene rings is 1. The predicted molar refractivity (Wildman–Crippen MR) is 73.6 cm³/mol. The van der Waals surface area contributed by atoms with E-state index in [0.717, 1.165) is 5.56 Å². The second-order valence-corrected chi connectivity index (χ2v) is 4.27. The molecule has 0 aliphatic rings. The lowest BCUT2D eigenvalue weighted by atomic mass is 10.2. The standard InChI is InChI=1S/C13H16N2O6/c1-7-5-8(21-2)3-4-9(7)14-13(20)15-10(12(18)19)6-11(16)17/h3-5,10H,6H2,1-2H3,(H,16,17)(H,18,19)(H2,14,15,20)/t10-/m1/s1. The van der Waals surface area contributed by atoms with E-state index >= 15 is 0 Å². The number of urea groups is 1. The first-order valence-electron chi connectivity index (χ1n) is 6.00. The van der Waals surface area contributed by atoms with Crippen LogP contribution in [0.1, 0.15) is 12.0 Å². The molecule has 21 heavy (non-hydrogen) atoms. The lowest BCUT2D eigenvalue weighted by Crippen LogP contribution is -2.44. The van der Waals surface area contributed by atoms with Gasteiger partial charge >= 0.3 is 18.0 Å². The molecule has 0 radical (unpaired) electrons. The van der Waals surface area contributed by atoms with E-state index in [1.54, 1.807) is 25.1 Å². The largest absolute Gasteiger partial charge is 0.497 e. The number of methoxy groups -OCH3 is 1. The van der Waals surface area contributed by atoms with Crippen molar-refractivity contribution < 1.29 is 29.3 Å². The van der Waals surface area contributed by atoms with Gasteiger partial charge in [-0.25, -0.2) is 9.59 Å². The van der Waals surface area contributed by atoms with Crippen LogP contribution >= 0.6 is 0 Å². The number of nitrogens with one attached hydrogen (secondary N) is 2. The molecule has 0 unspecified atom stereocenters. The van der Waals surface area contributed by atoms with Crippen LogP contribution in [0.25, 0.3) is 0 Å². The number of amides is 2.